The molecule has 3 rings (SSSR count). The van der Waals surface area contributed by atoms with Gasteiger partial charge in [-0.3, -0.25) is 0 Å². The largest absolute Gasteiger partial charge is 0.459 e. The van der Waals surface area contributed by atoms with Crippen molar-refractivity contribution in [1.82, 2.24) is 10.6 Å². The van der Waals surface area contributed by atoms with E-state index in [-0.39, 0.29) is 5.82 Å². The van der Waals surface area contributed by atoms with Crippen LogP contribution in [0.5, 0.6) is 0 Å². The number of aryl methyl sites for hydroxylation is 1. The lowest BCUT2D eigenvalue weighted by atomic mass is 10.1. The summed E-state index contributed by atoms with van der Waals surface area (Å²) in [7, 11) is 0. The van der Waals surface area contributed by atoms with Gasteiger partial charge in [0.05, 0.1) is 6.54 Å². The fraction of sp³-hybridized carbons (Fsp3) is 0.350. The summed E-state index contributed by atoms with van der Waals surface area (Å²) in [5.74, 6) is 0.991. The van der Waals surface area contributed by atoms with E-state index < -0.39 is 5.60 Å². The predicted molar refractivity (Wildman–Crippen MR) is 108 cm³/mol. The van der Waals surface area contributed by atoms with E-state index in [1.165, 1.54) is 23.5 Å². The van der Waals surface area contributed by atoms with Crippen molar-refractivity contribution in [2.45, 2.75) is 32.9 Å². The van der Waals surface area contributed by atoms with Gasteiger partial charge in [-0.15, -0.1) is 11.3 Å². The van der Waals surface area contributed by atoms with Gasteiger partial charge in [-0.05, 0) is 50.4 Å². The van der Waals surface area contributed by atoms with Gasteiger partial charge in [0.25, 0.3) is 0 Å². The molecule has 2 heterocycles. The molecule has 27 heavy (non-hydrogen) atoms. The Balaban J connectivity index is 1.73. The molecule has 3 aromatic rings. The Morgan fingerprint density at radius 1 is 1.33 bits per heavy atom. The maximum Gasteiger partial charge on any atom is 0.191 e. The van der Waals surface area contributed by atoms with Crippen molar-refractivity contribution in [2.24, 2.45) is 4.99 Å². The summed E-state index contributed by atoms with van der Waals surface area (Å²) in [6, 6.07) is 8.32. The molecule has 1 atom stereocenters. The highest BCUT2D eigenvalue weighted by molar-refractivity contribution is 7.10. The molecule has 0 aliphatic carbocycles. The zero-order valence-electron chi connectivity index (χ0n) is 15.7. The van der Waals surface area contributed by atoms with E-state index in [4.69, 9.17) is 4.42 Å². The molecular formula is C20H24FN3O2S. The highest BCUT2D eigenvalue weighted by Gasteiger charge is 2.24. The number of aliphatic hydroxyl groups is 1. The van der Waals surface area contributed by atoms with Crippen LogP contribution in [0.1, 0.15) is 30.0 Å². The zero-order valence-corrected chi connectivity index (χ0v) is 16.5. The Morgan fingerprint density at radius 2 is 2.15 bits per heavy atom. The molecule has 0 saturated carbocycles. The normalized spacial score (nSPS) is 14.3. The number of hydrogen-bond donors (Lipinski definition) is 3. The molecule has 144 valence electrons. The third-order valence-electron chi connectivity index (χ3n) is 4.37. The average molecular weight is 389 g/mol. The van der Waals surface area contributed by atoms with Crippen LogP contribution in [0.25, 0.3) is 11.0 Å². The summed E-state index contributed by atoms with van der Waals surface area (Å²) in [5.41, 5.74) is 0.546. The Hall–Kier alpha value is -2.38. The minimum atomic E-state index is -0.989. The molecule has 0 fully saturated rings. The van der Waals surface area contributed by atoms with Crippen molar-refractivity contribution >= 4 is 28.3 Å². The number of aliphatic imine (C=N–C) groups is 1. The van der Waals surface area contributed by atoms with Crippen LogP contribution in [0.15, 0.2) is 45.1 Å². The number of nitrogens with zero attached hydrogens (tertiary/aromatic N) is 1. The van der Waals surface area contributed by atoms with Crippen LogP contribution in [-0.4, -0.2) is 24.2 Å². The lowest BCUT2D eigenvalue weighted by Crippen LogP contribution is -2.44. The van der Waals surface area contributed by atoms with Crippen molar-refractivity contribution in [3.05, 3.63) is 57.7 Å². The van der Waals surface area contributed by atoms with Crippen LogP contribution in [0.3, 0.4) is 0 Å². The van der Waals surface area contributed by atoms with Crippen molar-refractivity contribution in [3.8, 4) is 0 Å². The predicted octanol–water partition coefficient (Wildman–Crippen LogP) is 3.90. The highest BCUT2D eigenvalue weighted by atomic mass is 32.1. The van der Waals surface area contributed by atoms with Gasteiger partial charge in [0.2, 0.25) is 0 Å². The van der Waals surface area contributed by atoms with Crippen LogP contribution < -0.4 is 10.6 Å². The van der Waals surface area contributed by atoms with Crippen molar-refractivity contribution in [1.29, 1.82) is 0 Å². The quantitative estimate of drug-likeness (QED) is 0.442. The molecule has 0 spiro atoms. The van der Waals surface area contributed by atoms with E-state index in [2.05, 4.69) is 15.6 Å². The maximum absolute atomic E-state index is 13.5. The summed E-state index contributed by atoms with van der Waals surface area (Å²) in [5, 5.41) is 19.7. The van der Waals surface area contributed by atoms with Gasteiger partial charge >= 0.3 is 0 Å². The summed E-state index contributed by atoms with van der Waals surface area (Å²) >= 11 is 1.51. The fourth-order valence-corrected chi connectivity index (χ4v) is 3.60. The number of halogens is 1. The monoisotopic (exact) mass is 389 g/mol. The molecule has 0 bridgehead atoms. The Morgan fingerprint density at radius 3 is 2.85 bits per heavy atom. The molecule has 0 aliphatic rings. The van der Waals surface area contributed by atoms with Crippen LogP contribution in [0.4, 0.5) is 4.39 Å². The lowest BCUT2D eigenvalue weighted by molar-refractivity contribution is 0.0655. The summed E-state index contributed by atoms with van der Waals surface area (Å²) in [6.45, 7) is 6.98. The standard InChI is InChI=1S/C20H24FN3O2S/c1-4-22-19(24-12-20(3,25)18-6-5-9-27-18)23-11-17-13(2)15-10-14(21)7-8-16(15)26-17/h5-10,25H,4,11-12H2,1-3H3,(H2,22,23,24). The fourth-order valence-electron chi connectivity index (χ4n) is 2.82. The van der Waals surface area contributed by atoms with E-state index >= 15 is 0 Å². The van der Waals surface area contributed by atoms with Gasteiger partial charge in [0.15, 0.2) is 5.96 Å². The summed E-state index contributed by atoms with van der Waals surface area (Å²) in [4.78, 5) is 5.44. The number of nitrogens with one attached hydrogen (secondary N) is 2. The topological polar surface area (TPSA) is 69.8 Å². The number of hydrogen-bond acceptors (Lipinski definition) is 4. The SMILES string of the molecule is CCNC(=NCc1oc2ccc(F)cc2c1C)NCC(C)(O)c1cccs1. The second-order valence-electron chi connectivity index (χ2n) is 6.59. The second kappa shape index (κ2) is 8.10. The van der Waals surface area contributed by atoms with Crippen LogP contribution in [0, 0.1) is 12.7 Å². The van der Waals surface area contributed by atoms with Crippen LogP contribution in [0.2, 0.25) is 0 Å². The van der Waals surface area contributed by atoms with Crippen LogP contribution in [-0.2, 0) is 12.1 Å². The molecule has 5 nitrogen and oxygen atoms in total. The Labute approximate surface area is 161 Å². The number of rotatable bonds is 6. The molecular weight excluding hydrogens is 365 g/mol. The first-order valence-corrected chi connectivity index (χ1v) is 9.74. The van der Waals surface area contributed by atoms with Gasteiger partial charge in [-0.1, -0.05) is 6.07 Å². The smallest absolute Gasteiger partial charge is 0.191 e. The number of fused-ring (bicyclic) bond motifs is 1. The molecule has 0 amide bonds. The van der Waals surface area contributed by atoms with Crippen molar-refractivity contribution in [2.75, 3.05) is 13.1 Å². The molecule has 0 aliphatic heterocycles. The van der Waals surface area contributed by atoms with Crippen molar-refractivity contribution < 1.29 is 13.9 Å². The number of furan rings is 1. The van der Waals surface area contributed by atoms with Crippen LogP contribution >= 0.6 is 11.3 Å². The number of benzene rings is 1. The summed E-state index contributed by atoms with van der Waals surface area (Å²) < 4.78 is 19.3. The first kappa shape index (κ1) is 19.4. The molecule has 2 aromatic heterocycles. The molecule has 0 saturated heterocycles. The first-order valence-electron chi connectivity index (χ1n) is 8.87. The van der Waals surface area contributed by atoms with Gasteiger partial charge in [0, 0.05) is 22.4 Å². The molecule has 1 unspecified atom stereocenters. The number of guanidine groups is 1. The number of thiophene rings is 1. The highest BCUT2D eigenvalue weighted by Crippen LogP contribution is 2.27. The van der Waals surface area contributed by atoms with Gasteiger partial charge < -0.3 is 20.2 Å². The van der Waals surface area contributed by atoms with Gasteiger partial charge in [0.1, 0.15) is 29.3 Å². The lowest BCUT2D eigenvalue weighted by Gasteiger charge is -2.23. The average Bonchev–Trinajstić information content (AvgIpc) is 3.27. The van der Waals surface area contributed by atoms with E-state index in [9.17, 15) is 9.50 Å². The molecule has 0 radical (unpaired) electrons. The van der Waals surface area contributed by atoms with E-state index in [1.807, 2.05) is 31.4 Å². The Kier molecular flexibility index (Phi) is 5.82. The van der Waals surface area contributed by atoms with Crippen molar-refractivity contribution in [3.63, 3.8) is 0 Å². The molecule has 1 aromatic carbocycles. The Bertz CT molecular complexity index is 932. The third kappa shape index (κ3) is 4.48. The first-order chi connectivity index (χ1) is 12.9. The minimum absolute atomic E-state index is 0.285. The van der Waals surface area contributed by atoms with E-state index in [0.717, 1.165) is 15.8 Å². The maximum atomic E-state index is 13.5. The molecule has 3 N–H and O–H groups in total. The zero-order chi connectivity index (χ0) is 19.4. The van der Waals surface area contributed by atoms with Gasteiger partial charge in [-0.2, -0.15) is 0 Å². The van der Waals surface area contributed by atoms with E-state index in [1.54, 1.807) is 13.0 Å². The third-order valence-corrected chi connectivity index (χ3v) is 5.50. The summed E-state index contributed by atoms with van der Waals surface area (Å²) in [6.07, 6.45) is 0. The second-order valence-corrected chi connectivity index (χ2v) is 7.54. The van der Waals surface area contributed by atoms with Gasteiger partial charge in [-0.25, -0.2) is 9.38 Å². The molecule has 7 heteroatoms. The van der Waals surface area contributed by atoms with E-state index in [0.29, 0.717) is 36.9 Å². The minimum Gasteiger partial charge on any atom is -0.459 e.